The minimum absolute atomic E-state index is 0.00746. The number of rotatable bonds is 4. The Morgan fingerprint density at radius 3 is 0.956 bits per heavy atom. The van der Waals surface area contributed by atoms with E-state index >= 15 is 0 Å². The van der Waals surface area contributed by atoms with Crippen LogP contribution in [0.1, 0.15) is 116 Å². The van der Waals surface area contributed by atoms with Gasteiger partial charge in [-0.15, -0.1) is 0 Å². The van der Waals surface area contributed by atoms with E-state index in [9.17, 15) is 0 Å². The number of nitrogens with zero attached hydrogens (tertiary/aromatic N) is 6. The van der Waals surface area contributed by atoms with Crippen molar-refractivity contribution >= 4 is 90.3 Å². The number of hydrogen-bond acceptors (Lipinski definition) is 6. The largest absolute Gasteiger partial charge is 0.456 e. The van der Waals surface area contributed by atoms with E-state index in [1.54, 1.807) is 0 Å². The van der Waals surface area contributed by atoms with Crippen molar-refractivity contribution in [1.29, 1.82) is 0 Å². The SMILES string of the molecule is Cc1ccc2c(c1)B1c3c(c4c5c(c3-n3c6ccc(-c7ccc(C(C)(C)C)cc7)nc6c6nc(-c7ccc(C(C)(C)C)cc7)cc1c63)Oc1ccc(C)cc1B5c1cc(-c3ccc(C(C)(C)C)cc3)nc3c5nc(-c6ccc(C(C)(C)C)cc6)ccc5n-4c13)O2. The van der Waals surface area contributed by atoms with Crippen molar-refractivity contribution < 1.29 is 9.47 Å². The maximum atomic E-state index is 7.80. The summed E-state index contributed by atoms with van der Waals surface area (Å²) in [7, 11) is 0. The second kappa shape index (κ2) is 18.5. The van der Waals surface area contributed by atoms with E-state index in [1.807, 2.05) is 0 Å². The second-order valence-corrected chi connectivity index (χ2v) is 30.0. The van der Waals surface area contributed by atoms with Crippen LogP contribution in [0, 0.1) is 13.8 Å². The van der Waals surface area contributed by atoms with Crippen LogP contribution in [0.5, 0.6) is 23.0 Å². The molecule has 13 aromatic rings. The van der Waals surface area contributed by atoms with E-state index in [2.05, 4.69) is 276 Å². The molecule has 0 amide bonds. The summed E-state index contributed by atoms with van der Waals surface area (Å²) in [5.41, 5.74) is 30.8. The first kappa shape index (κ1) is 54.6. The Bertz CT molecular complexity index is 4950. The van der Waals surface area contributed by atoms with Crippen LogP contribution in [0.2, 0.25) is 0 Å². The molecule has 0 aliphatic carbocycles. The average Bonchev–Trinajstić information content (AvgIpc) is 1.28. The van der Waals surface area contributed by atoms with Crippen LogP contribution in [-0.2, 0) is 21.7 Å². The highest BCUT2D eigenvalue weighted by atomic mass is 16.5. The zero-order valence-corrected chi connectivity index (χ0v) is 53.8. The summed E-state index contributed by atoms with van der Waals surface area (Å²) in [5, 5.41) is 0. The maximum Gasteiger partial charge on any atom is 0.256 e. The number of ether oxygens (including phenoxy) is 2. The van der Waals surface area contributed by atoms with E-state index in [0.717, 1.165) is 167 Å². The lowest BCUT2D eigenvalue weighted by atomic mass is 9.31. The fourth-order valence-electron chi connectivity index (χ4n) is 14.9. The predicted molar refractivity (Wildman–Crippen MR) is 375 cm³/mol. The van der Waals surface area contributed by atoms with Crippen LogP contribution in [0.25, 0.3) is 101 Å². The number of hydrogen-bond donors (Lipinski definition) is 0. The van der Waals surface area contributed by atoms with Crippen LogP contribution >= 0.6 is 0 Å². The minimum Gasteiger partial charge on any atom is -0.456 e. The van der Waals surface area contributed by atoms with Crippen molar-refractivity contribution in [2.75, 3.05) is 0 Å². The Balaban J connectivity index is 1.01. The van der Waals surface area contributed by atoms with Crippen LogP contribution in [0.3, 0.4) is 0 Å². The first-order valence-electron chi connectivity index (χ1n) is 31.9. The monoisotopic (exact) mass is 1170 g/mol. The van der Waals surface area contributed by atoms with Gasteiger partial charge in [0.1, 0.15) is 45.1 Å². The normalized spacial score (nSPS) is 13.8. The highest BCUT2D eigenvalue weighted by Gasteiger charge is 2.51. The number of aryl methyl sites for hydroxylation is 2. The molecule has 0 saturated heterocycles. The van der Waals surface area contributed by atoms with Crippen LogP contribution < -0.4 is 42.3 Å². The van der Waals surface area contributed by atoms with Gasteiger partial charge in [0.2, 0.25) is 0 Å². The first-order chi connectivity index (χ1) is 42.9. The van der Waals surface area contributed by atoms with Gasteiger partial charge in [0.15, 0.2) is 0 Å². The summed E-state index contributed by atoms with van der Waals surface area (Å²) in [6.07, 6.45) is 0. The summed E-state index contributed by atoms with van der Waals surface area (Å²) in [6.45, 7) is 30.9. The third-order valence-corrected chi connectivity index (χ3v) is 19.8. The van der Waals surface area contributed by atoms with Crippen LogP contribution in [-0.4, -0.2) is 42.5 Å². The quantitative estimate of drug-likeness (QED) is 0.163. The van der Waals surface area contributed by atoms with Crippen molar-refractivity contribution in [2.24, 2.45) is 0 Å². The molecule has 0 N–H and O–H groups in total. The molecule has 6 aromatic heterocycles. The van der Waals surface area contributed by atoms with E-state index < -0.39 is 0 Å². The molecule has 4 aliphatic rings. The standard InChI is InChI=1S/C80H70B2N6O2/c1-43-15-37-63-53(39-43)81-55-41-59(47-21-29-51(30-22-47)79(9,10)11)85-69-67-61(35-33-57(83-67)45-17-25-49(26-18-45)77(3,4)5)87(71(55)69)73-65(81)75(89-63)74-66-76(73)90-64-38-16-44(2)40-54(64)82(66)56-42-60(48-23-31-52(32-24-48)80(12,13)14)86-70-68-62(88(74)72(56)70)36-34-58(84-68)46-19-27-50(28-20-46)78(6,7)8/h15-42H,1-14H3. The highest BCUT2D eigenvalue weighted by Crippen LogP contribution is 2.49. The summed E-state index contributed by atoms with van der Waals surface area (Å²) < 4.78 is 20.5. The van der Waals surface area contributed by atoms with E-state index in [1.165, 1.54) is 22.3 Å². The van der Waals surface area contributed by atoms with Crippen molar-refractivity contribution in [3.63, 3.8) is 0 Å². The Morgan fingerprint density at radius 1 is 0.322 bits per heavy atom. The number of benzene rings is 7. The number of aromatic nitrogens is 6. The summed E-state index contributed by atoms with van der Waals surface area (Å²) in [5.74, 6) is 3.22. The zero-order chi connectivity index (χ0) is 62.0. The zero-order valence-electron chi connectivity index (χ0n) is 53.8. The smallest absolute Gasteiger partial charge is 0.256 e. The minimum atomic E-state index is -0.308. The van der Waals surface area contributed by atoms with Crippen molar-refractivity contribution in [3.8, 4) is 79.4 Å². The molecule has 0 bridgehead atoms. The van der Waals surface area contributed by atoms with Gasteiger partial charge in [0, 0.05) is 33.2 Å². The molecule has 10 heteroatoms. The van der Waals surface area contributed by atoms with Gasteiger partial charge in [-0.3, -0.25) is 0 Å². The van der Waals surface area contributed by atoms with Gasteiger partial charge in [-0.1, -0.05) is 216 Å². The Hall–Kier alpha value is -9.53. The molecule has 17 rings (SSSR count). The maximum absolute atomic E-state index is 7.80. The van der Waals surface area contributed by atoms with Gasteiger partial charge in [-0.2, -0.15) is 0 Å². The van der Waals surface area contributed by atoms with E-state index in [-0.39, 0.29) is 35.1 Å². The molecule has 8 nitrogen and oxygen atoms in total. The molecule has 0 atom stereocenters. The van der Waals surface area contributed by atoms with Crippen molar-refractivity contribution in [3.05, 3.63) is 203 Å². The van der Waals surface area contributed by atoms with Crippen molar-refractivity contribution in [1.82, 2.24) is 29.1 Å². The third kappa shape index (κ3) is 8.01. The molecule has 7 aromatic carbocycles. The molecule has 0 radical (unpaired) electrons. The average molecular weight is 1170 g/mol. The van der Waals surface area contributed by atoms with Gasteiger partial charge < -0.3 is 18.6 Å². The van der Waals surface area contributed by atoms with Crippen molar-refractivity contribution in [2.45, 2.75) is 119 Å². The lowest BCUT2D eigenvalue weighted by Gasteiger charge is -2.41. The topological polar surface area (TPSA) is 79.9 Å². The lowest BCUT2D eigenvalue weighted by molar-refractivity contribution is 0.472. The lowest BCUT2D eigenvalue weighted by Crippen LogP contribution is -2.63. The molecule has 0 fully saturated rings. The molecule has 0 unspecified atom stereocenters. The van der Waals surface area contributed by atoms with Gasteiger partial charge in [0.05, 0.1) is 56.2 Å². The molecular weight excluding hydrogens is 1100 g/mol. The van der Waals surface area contributed by atoms with E-state index in [4.69, 9.17) is 29.4 Å². The molecule has 0 saturated carbocycles. The van der Waals surface area contributed by atoms with Gasteiger partial charge in [-0.25, -0.2) is 19.9 Å². The Kier molecular flexibility index (Phi) is 11.2. The molecule has 438 valence electrons. The fourth-order valence-corrected chi connectivity index (χ4v) is 14.9. The van der Waals surface area contributed by atoms with Gasteiger partial charge in [-0.05, 0) is 128 Å². The highest BCUT2D eigenvalue weighted by molar-refractivity contribution is 7.02. The summed E-state index contributed by atoms with van der Waals surface area (Å²) >= 11 is 0. The molecule has 90 heavy (non-hydrogen) atoms. The fraction of sp³-hybridized carbons (Fsp3) is 0.225. The first-order valence-corrected chi connectivity index (χ1v) is 31.9. The number of fused-ring (bicyclic) bond motifs is 16. The Morgan fingerprint density at radius 2 is 0.633 bits per heavy atom. The second-order valence-electron chi connectivity index (χ2n) is 30.0. The molecule has 4 aliphatic heterocycles. The number of pyridine rings is 4. The summed E-state index contributed by atoms with van der Waals surface area (Å²) in [4.78, 5) is 23.1. The van der Waals surface area contributed by atoms with Gasteiger partial charge >= 0.3 is 0 Å². The predicted octanol–water partition coefficient (Wildman–Crippen LogP) is 15.8. The summed E-state index contributed by atoms with van der Waals surface area (Å²) in [6, 6.07) is 62.9. The Labute approximate surface area is 527 Å². The molecule has 0 spiro atoms. The molecule has 10 heterocycles. The van der Waals surface area contributed by atoms with Crippen LogP contribution in [0.15, 0.2) is 170 Å². The van der Waals surface area contributed by atoms with E-state index in [0.29, 0.717) is 0 Å². The van der Waals surface area contributed by atoms with Gasteiger partial charge in [0.25, 0.3) is 13.4 Å². The third-order valence-electron chi connectivity index (χ3n) is 19.8. The molecular formula is C80H70B2N6O2. The van der Waals surface area contributed by atoms with Crippen LogP contribution in [0.4, 0.5) is 0 Å².